The fourth-order valence-corrected chi connectivity index (χ4v) is 2.44. The van der Waals surface area contributed by atoms with Crippen molar-refractivity contribution in [2.75, 3.05) is 0 Å². The average Bonchev–Trinajstić information content (AvgIpc) is 2.82. The summed E-state index contributed by atoms with van der Waals surface area (Å²) in [5, 5.41) is 22.7. The molecule has 0 aliphatic rings. The Bertz CT molecular complexity index is 518. The first kappa shape index (κ1) is 7.70. The fourth-order valence-electron chi connectivity index (χ4n) is 1.61. The van der Waals surface area contributed by atoms with E-state index in [9.17, 15) is 10.2 Å². The lowest BCUT2D eigenvalue weighted by molar-refractivity contribution is 0.466. The zero-order chi connectivity index (χ0) is 9.71. The van der Waals surface area contributed by atoms with E-state index in [1.807, 2.05) is 5.38 Å². The average molecular weight is 206 g/mol. The first-order chi connectivity index (χ1) is 6.79. The summed E-state index contributed by atoms with van der Waals surface area (Å²) < 4.78 is 5.76. The highest BCUT2D eigenvalue weighted by Crippen LogP contribution is 2.44. The van der Waals surface area contributed by atoms with Crippen LogP contribution in [0.25, 0.3) is 21.1 Å². The molecule has 0 spiro atoms. The molecule has 14 heavy (non-hydrogen) atoms. The molecule has 0 aliphatic heterocycles. The molecular weight excluding hydrogens is 200 g/mol. The van der Waals surface area contributed by atoms with Gasteiger partial charge in [-0.25, -0.2) is 0 Å². The van der Waals surface area contributed by atoms with Gasteiger partial charge in [-0.2, -0.15) is 0 Å². The van der Waals surface area contributed by atoms with Crippen molar-refractivity contribution in [3.63, 3.8) is 0 Å². The third-order valence-electron chi connectivity index (χ3n) is 2.27. The molecule has 2 N–H and O–H groups in total. The van der Waals surface area contributed by atoms with Gasteiger partial charge in [-0.05, 0) is 17.5 Å². The summed E-state index contributed by atoms with van der Waals surface area (Å²) in [5.74, 6) is 0.274. The second kappa shape index (κ2) is 2.42. The van der Waals surface area contributed by atoms with Gasteiger partial charge in [0.25, 0.3) is 0 Å². The lowest BCUT2D eigenvalue weighted by Crippen LogP contribution is -1.71. The summed E-state index contributed by atoms with van der Waals surface area (Å²) in [4.78, 5) is 0. The van der Waals surface area contributed by atoms with Crippen LogP contribution >= 0.6 is 11.3 Å². The van der Waals surface area contributed by atoms with Crippen molar-refractivity contribution in [1.29, 1.82) is 0 Å². The zero-order valence-electron chi connectivity index (χ0n) is 7.02. The number of rotatable bonds is 0. The van der Waals surface area contributed by atoms with E-state index in [4.69, 9.17) is 4.42 Å². The summed E-state index contributed by atoms with van der Waals surface area (Å²) in [5.41, 5.74) is 0.345. The maximum absolute atomic E-state index is 9.85. The van der Waals surface area contributed by atoms with Crippen LogP contribution in [0.15, 0.2) is 28.2 Å². The van der Waals surface area contributed by atoms with Gasteiger partial charge >= 0.3 is 0 Å². The maximum atomic E-state index is 9.85. The molecule has 1 aromatic carbocycles. The third kappa shape index (κ3) is 0.761. The summed E-state index contributed by atoms with van der Waals surface area (Å²) in [6.07, 6.45) is 1.45. The van der Waals surface area contributed by atoms with E-state index in [1.165, 1.54) is 17.6 Å². The minimum Gasteiger partial charge on any atom is -0.506 e. The highest BCUT2D eigenvalue weighted by Gasteiger charge is 2.15. The summed E-state index contributed by atoms with van der Waals surface area (Å²) in [7, 11) is 0. The molecule has 0 atom stereocenters. The van der Waals surface area contributed by atoms with Gasteiger partial charge in [-0.15, -0.1) is 11.3 Å². The summed E-state index contributed by atoms with van der Waals surface area (Å²) >= 11 is 1.38. The van der Waals surface area contributed by atoms with Crippen molar-refractivity contribution < 1.29 is 14.6 Å². The van der Waals surface area contributed by atoms with Gasteiger partial charge in [-0.3, -0.25) is 0 Å². The number of phenols is 2. The van der Waals surface area contributed by atoms with Crippen molar-refractivity contribution in [2.24, 2.45) is 0 Å². The van der Waals surface area contributed by atoms with E-state index in [1.54, 1.807) is 12.1 Å². The topological polar surface area (TPSA) is 53.6 Å². The molecule has 2 heterocycles. The van der Waals surface area contributed by atoms with E-state index in [0.29, 0.717) is 21.1 Å². The van der Waals surface area contributed by atoms with Gasteiger partial charge in [0.15, 0.2) is 11.3 Å². The monoisotopic (exact) mass is 206 g/mol. The highest BCUT2D eigenvalue weighted by molar-refractivity contribution is 7.17. The molecule has 4 heteroatoms. The molecule has 0 saturated carbocycles. The van der Waals surface area contributed by atoms with Crippen LogP contribution in [0.4, 0.5) is 0 Å². The summed E-state index contributed by atoms with van der Waals surface area (Å²) in [6, 6.07) is 3.42. The summed E-state index contributed by atoms with van der Waals surface area (Å²) in [6.45, 7) is 0. The molecule has 0 bridgehead atoms. The lowest BCUT2D eigenvalue weighted by atomic mass is 10.1. The van der Waals surface area contributed by atoms with Gasteiger partial charge in [-0.1, -0.05) is 0 Å². The van der Waals surface area contributed by atoms with Crippen molar-refractivity contribution in [3.05, 3.63) is 23.8 Å². The van der Waals surface area contributed by atoms with E-state index in [2.05, 4.69) is 0 Å². The smallest absolute Gasteiger partial charge is 0.180 e. The molecule has 70 valence electrons. The highest BCUT2D eigenvalue weighted by atomic mass is 32.1. The number of hydrogen-bond acceptors (Lipinski definition) is 4. The quantitative estimate of drug-likeness (QED) is 0.556. The van der Waals surface area contributed by atoms with Crippen LogP contribution in [0.2, 0.25) is 0 Å². The number of furan rings is 1. The number of fused-ring (bicyclic) bond motifs is 2. The molecule has 0 amide bonds. The Morgan fingerprint density at radius 2 is 1.93 bits per heavy atom. The Morgan fingerprint density at radius 3 is 2.79 bits per heavy atom. The second-order valence-corrected chi connectivity index (χ2v) is 3.94. The normalized spacial score (nSPS) is 11.4. The molecule has 0 unspecified atom stereocenters. The van der Waals surface area contributed by atoms with Gasteiger partial charge < -0.3 is 14.6 Å². The largest absolute Gasteiger partial charge is 0.506 e. The first-order valence-electron chi connectivity index (χ1n) is 4.07. The molecule has 3 rings (SSSR count). The minimum absolute atomic E-state index is 0.104. The van der Waals surface area contributed by atoms with Crippen LogP contribution in [0.1, 0.15) is 0 Å². The van der Waals surface area contributed by atoms with Crippen LogP contribution in [0.3, 0.4) is 0 Å². The van der Waals surface area contributed by atoms with Crippen molar-refractivity contribution in [2.45, 2.75) is 0 Å². The number of benzene rings is 1. The first-order valence-corrected chi connectivity index (χ1v) is 4.95. The van der Waals surface area contributed by atoms with E-state index in [-0.39, 0.29) is 11.5 Å². The molecule has 3 aromatic rings. The number of phenolic OH excluding ortho intramolecular Hbond substituents is 2. The Balaban J connectivity index is 2.72. The zero-order valence-corrected chi connectivity index (χ0v) is 7.84. The van der Waals surface area contributed by atoms with Gasteiger partial charge in [0.1, 0.15) is 5.75 Å². The number of aromatic hydroxyl groups is 2. The molecule has 0 aliphatic carbocycles. The number of thiophene rings is 1. The standard InChI is InChI=1S/C10H6O3S/c11-7-5-1-3-13-9(5)8(12)10-6(7)2-4-14-10/h1-4,11-12H. The molecule has 2 aromatic heterocycles. The van der Waals surface area contributed by atoms with Crippen LogP contribution in [0, 0.1) is 0 Å². The van der Waals surface area contributed by atoms with E-state index >= 15 is 0 Å². The lowest BCUT2D eigenvalue weighted by Gasteiger charge is -1.99. The Hall–Kier alpha value is -1.68. The fraction of sp³-hybridized carbons (Fsp3) is 0. The van der Waals surface area contributed by atoms with Crippen molar-refractivity contribution in [1.82, 2.24) is 0 Å². The van der Waals surface area contributed by atoms with Crippen LogP contribution in [0.5, 0.6) is 11.5 Å². The Morgan fingerprint density at radius 1 is 1.07 bits per heavy atom. The SMILES string of the molecule is Oc1c2ccoc2c(O)c2sccc12. The second-order valence-electron chi connectivity index (χ2n) is 3.02. The van der Waals surface area contributed by atoms with Gasteiger partial charge in [0.05, 0.1) is 16.3 Å². The molecule has 3 nitrogen and oxygen atoms in total. The maximum Gasteiger partial charge on any atom is 0.180 e. The van der Waals surface area contributed by atoms with Crippen LogP contribution < -0.4 is 0 Å². The van der Waals surface area contributed by atoms with E-state index in [0.717, 1.165) is 0 Å². The van der Waals surface area contributed by atoms with Crippen molar-refractivity contribution in [3.8, 4) is 11.5 Å². The predicted octanol–water partition coefficient (Wildman–Crippen LogP) is 3.06. The predicted molar refractivity (Wildman–Crippen MR) is 54.9 cm³/mol. The molecule has 0 radical (unpaired) electrons. The van der Waals surface area contributed by atoms with Crippen LogP contribution in [-0.2, 0) is 0 Å². The Kier molecular flexibility index (Phi) is 1.33. The molecule has 0 saturated heterocycles. The van der Waals surface area contributed by atoms with Crippen molar-refractivity contribution >= 4 is 32.4 Å². The van der Waals surface area contributed by atoms with E-state index < -0.39 is 0 Å². The third-order valence-corrected chi connectivity index (χ3v) is 3.19. The molecular formula is C10H6O3S. The Labute approximate surface area is 82.8 Å². The minimum atomic E-state index is 0.104. The molecule has 0 fully saturated rings. The number of hydrogen-bond donors (Lipinski definition) is 2. The van der Waals surface area contributed by atoms with Crippen LogP contribution in [-0.4, -0.2) is 10.2 Å². The van der Waals surface area contributed by atoms with Gasteiger partial charge in [0, 0.05) is 5.39 Å². The van der Waals surface area contributed by atoms with Gasteiger partial charge in [0.2, 0.25) is 0 Å².